The van der Waals surface area contributed by atoms with E-state index in [0.29, 0.717) is 37.6 Å². The number of furan rings is 1. The Morgan fingerprint density at radius 3 is 2.70 bits per heavy atom. The first-order valence-corrected chi connectivity index (χ1v) is 9.99. The van der Waals surface area contributed by atoms with Crippen LogP contribution in [0.4, 0.5) is 0 Å². The molecule has 0 aliphatic rings. The van der Waals surface area contributed by atoms with Crippen LogP contribution < -0.4 is 9.47 Å². The van der Waals surface area contributed by atoms with Gasteiger partial charge in [0.25, 0.3) is 0 Å². The van der Waals surface area contributed by atoms with Crippen molar-refractivity contribution in [3.05, 3.63) is 83.8 Å². The number of ether oxygens (including phenoxy) is 2. The fourth-order valence-corrected chi connectivity index (χ4v) is 3.20. The monoisotopic (exact) mass is 409 g/mol. The quantitative estimate of drug-likeness (QED) is 0.457. The van der Waals surface area contributed by atoms with Crippen LogP contribution in [0.3, 0.4) is 0 Å². The lowest BCUT2D eigenvalue weighted by atomic mass is 10.1. The van der Waals surface area contributed by atoms with Crippen molar-refractivity contribution in [2.45, 2.75) is 26.1 Å². The van der Waals surface area contributed by atoms with Gasteiger partial charge in [0, 0.05) is 24.2 Å². The average molecular weight is 409 g/mol. The summed E-state index contributed by atoms with van der Waals surface area (Å²) in [5.41, 5.74) is 1.58. The molecule has 0 fully saturated rings. The molecule has 0 amide bonds. The molecule has 6 heteroatoms. The number of rotatable bonds is 12. The predicted molar refractivity (Wildman–Crippen MR) is 114 cm³/mol. The van der Waals surface area contributed by atoms with Gasteiger partial charge in [-0.2, -0.15) is 0 Å². The van der Waals surface area contributed by atoms with Gasteiger partial charge < -0.3 is 19.0 Å². The van der Waals surface area contributed by atoms with Gasteiger partial charge in [-0.05, 0) is 37.3 Å². The van der Waals surface area contributed by atoms with Crippen molar-refractivity contribution in [1.29, 1.82) is 0 Å². The third kappa shape index (κ3) is 6.47. The molecule has 1 aromatic heterocycles. The largest absolute Gasteiger partial charge is 0.494 e. The van der Waals surface area contributed by atoms with Crippen molar-refractivity contribution in [3.8, 4) is 11.5 Å². The summed E-state index contributed by atoms with van der Waals surface area (Å²) in [6, 6.07) is 18.5. The molecule has 3 aromatic rings. The Bertz CT molecular complexity index is 909. The summed E-state index contributed by atoms with van der Waals surface area (Å²) >= 11 is 0. The van der Waals surface area contributed by atoms with Gasteiger partial charge in [0.2, 0.25) is 0 Å². The molecule has 1 heterocycles. The smallest absolute Gasteiger partial charge is 0.150 e. The summed E-state index contributed by atoms with van der Waals surface area (Å²) in [7, 11) is 0. The summed E-state index contributed by atoms with van der Waals surface area (Å²) in [5, 5.41) is 10.6. The van der Waals surface area contributed by atoms with Gasteiger partial charge in [-0.3, -0.25) is 9.69 Å². The van der Waals surface area contributed by atoms with E-state index in [0.717, 1.165) is 23.4 Å². The maximum absolute atomic E-state index is 10.9. The number of carbonyl (C=O) groups excluding carboxylic acids is 1. The highest BCUT2D eigenvalue weighted by molar-refractivity contribution is 5.75. The molecule has 0 aliphatic heterocycles. The summed E-state index contributed by atoms with van der Waals surface area (Å²) in [6.45, 7) is 4.18. The number of carbonyl (C=O) groups is 1. The molecular formula is C24H27NO5. The first kappa shape index (κ1) is 21.6. The number of aliphatic hydroxyl groups excluding tert-OH is 1. The zero-order chi connectivity index (χ0) is 21.2. The molecule has 0 saturated carbocycles. The zero-order valence-corrected chi connectivity index (χ0v) is 17.1. The maximum Gasteiger partial charge on any atom is 0.150 e. The zero-order valence-electron chi connectivity index (χ0n) is 17.1. The Morgan fingerprint density at radius 2 is 1.93 bits per heavy atom. The lowest BCUT2D eigenvalue weighted by molar-refractivity contribution is 0.0601. The van der Waals surface area contributed by atoms with Crippen molar-refractivity contribution in [2.24, 2.45) is 0 Å². The predicted octanol–water partition coefficient (Wildman–Crippen LogP) is 3.93. The van der Waals surface area contributed by atoms with Gasteiger partial charge in [0.05, 0.1) is 19.4 Å². The third-order valence-electron chi connectivity index (χ3n) is 4.53. The van der Waals surface area contributed by atoms with Gasteiger partial charge >= 0.3 is 0 Å². The van der Waals surface area contributed by atoms with Gasteiger partial charge in [-0.25, -0.2) is 0 Å². The summed E-state index contributed by atoms with van der Waals surface area (Å²) in [6.07, 6.45) is 1.69. The second kappa shape index (κ2) is 11.2. The van der Waals surface area contributed by atoms with Crippen molar-refractivity contribution in [1.82, 2.24) is 4.90 Å². The Hall–Kier alpha value is -3.09. The van der Waals surface area contributed by atoms with Crippen LogP contribution in [0.5, 0.6) is 11.5 Å². The fraction of sp³-hybridized carbons (Fsp3) is 0.292. The molecule has 0 bridgehead atoms. The Labute approximate surface area is 176 Å². The first-order chi connectivity index (χ1) is 14.7. The minimum Gasteiger partial charge on any atom is -0.494 e. The van der Waals surface area contributed by atoms with Gasteiger partial charge in [0.15, 0.2) is 0 Å². The molecule has 158 valence electrons. The molecule has 2 aromatic carbocycles. The van der Waals surface area contributed by atoms with Gasteiger partial charge in [-0.15, -0.1) is 0 Å². The van der Waals surface area contributed by atoms with Crippen LogP contribution in [0.15, 0.2) is 71.3 Å². The molecule has 1 N–H and O–H groups in total. The van der Waals surface area contributed by atoms with Crippen LogP contribution in [0.2, 0.25) is 0 Å². The molecule has 0 saturated heterocycles. The van der Waals surface area contributed by atoms with Gasteiger partial charge in [0.1, 0.15) is 36.3 Å². The molecule has 1 unspecified atom stereocenters. The van der Waals surface area contributed by atoms with Crippen LogP contribution in [-0.2, 0) is 13.1 Å². The molecule has 6 nitrogen and oxygen atoms in total. The first-order valence-electron chi connectivity index (χ1n) is 9.99. The molecule has 0 aliphatic carbocycles. The number of aliphatic hydroxyl groups is 1. The average Bonchev–Trinajstić information content (AvgIpc) is 3.27. The highest BCUT2D eigenvalue weighted by Gasteiger charge is 2.17. The van der Waals surface area contributed by atoms with E-state index in [9.17, 15) is 9.90 Å². The molecule has 1 atom stereocenters. The van der Waals surface area contributed by atoms with Crippen LogP contribution in [0.25, 0.3) is 0 Å². The number of para-hydroxylation sites is 1. The normalized spacial score (nSPS) is 12.0. The summed E-state index contributed by atoms with van der Waals surface area (Å²) in [5.74, 6) is 2.20. The van der Waals surface area contributed by atoms with Gasteiger partial charge in [-0.1, -0.05) is 30.3 Å². The number of hydrogen-bond acceptors (Lipinski definition) is 6. The number of benzene rings is 2. The van der Waals surface area contributed by atoms with Crippen LogP contribution in [0.1, 0.15) is 28.6 Å². The van der Waals surface area contributed by atoms with E-state index in [1.54, 1.807) is 30.5 Å². The highest BCUT2D eigenvalue weighted by Crippen LogP contribution is 2.21. The Balaban J connectivity index is 1.65. The standard InChI is InChI=1S/C24H27NO5/c1-2-28-24-11-4-3-8-20(24)14-25(16-23-10-6-12-29-23)15-21(27)18-30-22-9-5-7-19(13-22)17-26/h3-13,17,21,27H,2,14-16,18H2,1H3. The Kier molecular flexibility index (Phi) is 8.06. The highest BCUT2D eigenvalue weighted by atomic mass is 16.5. The van der Waals surface area contributed by atoms with Crippen LogP contribution in [0, 0.1) is 0 Å². The van der Waals surface area contributed by atoms with Crippen LogP contribution >= 0.6 is 0 Å². The Morgan fingerprint density at radius 1 is 1.07 bits per heavy atom. The maximum atomic E-state index is 10.9. The molecule has 0 radical (unpaired) electrons. The number of hydrogen-bond donors (Lipinski definition) is 1. The van der Waals surface area contributed by atoms with Crippen LogP contribution in [-0.4, -0.2) is 42.2 Å². The second-order valence-electron chi connectivity index (χ2n) is 6.94. The lowest BCUT2D eigenvalue weighted by Gasteiger charge is -2.25. The van der Waals surface area contributed by atoms with E-state index in [1.165, 1.54) is 0 Å². The minimum absolute atomic E-state index is 0.115. The summed E-state index contributed by atoms with van der Waals surface area (Å²) < 4.78 is 16.9. The van der Waals surface area contributed by atoms with E-state index < -0.39 is 6.10 Å². The number of aldehydes is 1. The minimum atomic E-state index is -0.723. The van der Waals surface area contributed by atoms with E-state index in [-0.39, 0.29) is 6.61 Å². The van der Waals surface area contributed by atoms with E-state index in [2.05, 4.69) is 4.90 Å². The van der Waals surface area contributed by atoms with E-state index >= 15 is 0 Å². The molecular weight excluding hydrogens is 382 g/mol. The van der Waals surface area contributed by atoms with Crippen molar-refractivity contribution < 1.29 is 23.8 Å². The third-order valence-corrected chi connectivity index (χ3v) is 4.53. The van der Waals surface area contributed by atoms with E-state index in [4.69, 9.17) is 13.9 Å². The number of nitrogens with zero attached hydrogens (tertiary/aromatic N) is 1. The summed E-state index contributed by atoms with van der Waals surface area (Å²) in [4.78, 5) is 13.0. The molecule has 0 spiro atoms. The van der Waals surface area contributed by atoms with Crippen molar-refractivity contribution >= 4 is 6.29 Å². The SMILES string of the molecule is CCOc1ccccc1CN(Cc1ccco1)CC(O)COc1cccc(C=O)c1. The second-order valence-corrected chi connectivity index (χ2v) is 6.94. The molecule has 30 heavy (non-hydrogen) atoms. The lowest BCUT2D eigenvalue weighted by Crippen LogP contribution is -2.35. The molecule has 3 rings (SSSR count). The van der Waals surface area contributed by atoms with Crippen molar-refractivity contribution in [3.63, 3.8) is 0 Å². The topological polar surface area (TPSA) is 72.1 Å². The van der Waals surface area contributed by atoms with E-state index in [1.807, 2.05) is 43.3 Å². The fourth-order valence-electron chi connectivity index (χ4n) is 3.20. The van der Waals surface area contributed by atoms with Crippen molar-refractivity contribution in [2.75, 3.05) is 19.8 Å².